The van der Waals surface area contributed by atoms with Gasteiger partial charge in [0.05, 0.1) is 6.54 Å². The molecule has 0 aliphatic carbocycles. The van der Waals surface area contributed by atoms with Crippen LogP contribution in [-0.2, 0) is 13.0 Å². The largest absolute Gasteiger partial charge is 0.370 e. The average molecular weight is 401 g/mol. The molecule has 1 aromatic carbocycles. The lowest BCUT2D eigenvalue weighted by molar-refractivity contribution is 1.09. The SMILES string of the molecule is CCc1cccc(NC(N)=NCc2ccc(C)s2)c1.I. The second-order valence-corrected chi connectivity index (χ2v) is 5.77. The quantitative estimate of drug-likeness (QED) is 0.459. The second-order valence-electron chi connectivity index (χ2n) is 4.39. The summed E-state index contributed by atoms with van der Waals surface area (Å²) in [4.78, 5) is 6.88. The Kier molecular flexibility index (Phi) is 7.01. The fraction of sp³-hybridized carbons (Fsp3) is 0.267. The number of hydrogen-bond donors (Lipinski definition) is 2. The fourth-order valence-corrected chi connectivity index (χ4v) is 2.60. The Labute approximate surface area is 141 Å². The number of halogens is 1. The fourth-order valence-electron chi connectivity index (χ4n) is 1.79. The van der Waals surface area contributed by atoms with Crippen molar-refractivity contribution in [1.82, 2.24) is 0 Å². The van der Waals surface area contributed by atoms with E-state index in [0.717, 1.165) is 12.1 Å². The van der Waals surface area contributed by atoms with E-state index in [-0.39, 0.29) is 24.0 Å². The summed E-state index contributed by atoms with van der Waals surface area (Å²) in [5.41, 5.74) is 8.17. The minimum atomic E-state index is 0. The topological polar surface area (TPSA) is 50.4 Å². The molecule has 5 heteroatoms. The Bertz CT molecular complexity index is 578. The van der Waals surface area contributed by atoms with Crippen LogP contribution in [-0.4, -0.2) is 5.96 Å². The number of benzene rings is 1. The molecule has 108 valence electrons. The molecule has 0 unspecified atom stereocenters. The van der Waals surface area contributed by atoms with Gasteiger partial charge in [0, 0.05) is 15.4 Å². The smallest absolute Gasteiger partial charge is 0.193 e. The van der Waals surface area contributed by atoms with E-state index < -0.39 is 0 Å². The van der Waals surface area contributed by atoms with Crippen LogP contribution in [0.25, 0.3) is 0 Å². The van der Waals surface area contributed by atoms with E-state index in [9.17, 15) is 0 Å². The zero-order valence-corrected chi connectivity index (χ0v) is 14.9. The molecular formula is C15H20IN3S. The van der Waals surface area contributed by atoms with Gasteiger partial charge in [-0.25, -0.2) is 4.99 Å². The standard InChI is InChI=1S/C15H19N3S.HI/c1-3-12-5-4-6-13(9-12)18-15(16)17-10-14-8-7-11(2)19-14;/h4-9H,3,10H2,1-2H3,(H3,16,17,18);1H. The van der Waals surface area contributed by atoms with Gasteiger partial charge in [0.1, 0.15) is 0 Å². The third-order valence-electron chi connectivity index (χ3n) is 2.81. The highest BCUT2D eigenvalue weighted by Gasteiger charge is 1.98. The van der Waals surface area contributed by atoms with Crippen molar-refractivity contribution >= 4 is 47.0 Å². The van der Waals surface area contributed by atoms with Crippen molar-refractivity contribution in [1.29, 1.82) is 0 Å². The van der Waals surface area contributed by atoms with E-state index in [0.29, 0.717) is 12.5 Å². The van der Waals surface area contributed by atoms with Gasteiger partial charge in [-0.05, 0) is 43.2 Å². The number of guanidine groups is 1. The van der Waals surface area contributed by atoms with Crippen LogP contribution < -0.4 is 11.1 Å². The third-order valence-corrected chi connectivity index (χ3v) is 3.79. The molecule has 0 aliphatic heterocycles. The highest BCUT2D eigenvalue weighted by molar-refractivity contribution is 14.0. The molecule has 0 spiro atoms. The lowest BCUT2D eigenvalue weighted by Crippen LogP contribution is -2.22. The molecule has 0 aliphatic rings. The molecule has 0 radical (unpaired) electrons. The number of rotatable bonds is 4. The Morgan fingerprint density at radius 3 is 2.75 bits per heavy atom. The number of nitrogens with two attached hydrogens (primary N) is 1. The third kappa shape index (κ3) is 5.13. The first-order chi connectivity index (χ1) is 9.17. The van der Waals surface area contributed by atoms with E-state index in [4.69, 9.17) is 5.73 Å². The molecule has 3 N–H and O–H groups in total. The highest BCUT2D eigenvalue weighted by Crippen LogP contribution is 2.16. The van der Waals surface area contributed by atoms with Gasteiger partial charge >= 0.3 is 0 Å². The van der Waals surface area contributed by atoms with E-state index in [1.807, 2.05) is 12.1 Å². The van der Waals surface area contributed by atoms with E-state index in [2.05, 4.69) is 48.4 Å². The number of anilines is 1. The lowest BCUT2D eigenvalue weighted by atomic mass is 10.1. The summed E-state index contributed by atoms with van der Waals surface area (Å²) in [5.74, 6) is 0.458. The predicted molar refractivity (Wildman–Crippen MR) is 99.2 cm³/mol. The van der Waals surface area contributed by atoms with Gasteiger partial charge in [-0.1, -0.05) is 19.1 Å². The van der Waals surface area contributed by atoms with Crippen LogP contribution in [0.2, 0.25) is 0 Å². The monoisotopic (exact) mass is 401 g/mol. The molecule has 20 heavy (non-hydrogen) atoms. The minimum absolute atomic E-state index is 0. The van der Waals surface area contributed by atoms with Crippen molar-refractivity contribution in [3.05, 3.63) is 51.7 Å². The van der Waals surface area contributed by atoms with Gasteiger partial charge in [-0.15, -0.1) is 35.3 Å². The summed E-state index contributed by atoms with van der Waals surface area (Å²) in [7, 11) is 0. The van der Waals surface area contributed by atoms with Gasteiger partial charge in [0.2, 0.25) is 0 Å². The summed E-state index contributed by atoms with van der Waals surface area (Å²) in [6.07, 6.45) is 1.01. The molecule has 0 saturated carbocycles. The Morgan fingerprint density at radius 2 is 2.10 bits per heavy atom. The van der Waals surface area contributed by atoms with Crippen molar-refractivity contribution in [3.63, 3.8) is 0 Å². The summed E-state index contributed by atoms with van der Waals surface area (Å²) in [5, 5.41) is 3.13. The average Bonchev–Trinajstić information content (AvgIpc) is 2.82. The summed E-state index contributed by atoms with van der Waals surface area (Å²) < 4.78 is 0. The molecule has 3 nitrogen and oxygen atoms in total. The van der Waals surface area contributed by atoms with Crippen LogP contribution in [0.4, 0.5) is 5.69 Å². The first kappa shape index (κ1) is 17.0. The molecule has 2 rings (SSSR count). The first-order valence-electron chi connectivity index (χ1n) is 6.38. The minimum Gasteiger partial charge on any atom is -0.370 e. The normalized spacial score (nSPS) is 11.0. The second kappa shape index (κ2) is 8.26. The summed E-state index contributed by atoms with van der Waals surface area (Å²) in [6, 6.07) is 12.4. The van der Waals surface area contributed by atoms with E-state index in [1.165, 1.54) is 15.3 Å². The van der Waals surface area contributed by atoms with Gasteiger partial charge in [0.15, 0.2) is 5.96 Å². The Morgan fingerprint density at radius 1 is 1.30 bits per heavy atom. The maximum atomic E-state index is 5.90. The predicted octanol–water partition coefficient (Wildman–Crippen LogP) is 4.16. The van der Waals surface area contributed by atoms with Crippen LogP contribution in [0.1, 0.15) is 22.2 Å². The molecule has 0 bridgehead atoms. The number of nitrogens with zero attached hydrogens (tertiary/aromatic N) is 1. The molecule has 0 amide bonds. The zero-order chi connectivity index (χ0) is 13.7. The van der Waals surface area contributed by atoms with Gasteiger partial charge in [0.25, 0.3) is 0 Å². The Hall–Kier alpha value is -1.08. The molecule has 1 aromatic heterocycles. The van der Waals surface area contributed by atoms with Gasteiger partial charge in [-0.2, -0.15) is 0 Å². The van der Waals surface area contributed by atoms with Gasteiger partial charge in [-0.3, -0.25) is 0 Å². The lowest BCUT2D eigenvalue weighted by Gasteiger charge is -2.06. The van der Waals surface area contributed by atoms with Crippen molar-refractivity contribution in [2.24, 2.45) is 10.7 Å². The van der Waals surface area contributed by atoms with Crippen molar-refractivity contribution in [2.75, 3.05) is 5.32 Å². The van der Waals surface area contributed by atoms with Crippen LogP contribution in [0, 0.1) is 6.92 Å². The number of aryl methyl sites for hydroxylation is 2. The zero-order valence-electron chi connectivity index (χ0n) is 11.7. The highest BCUT2D eigenvalue weighted by atomic mass is 127. The van der Waals surface area contributed by atoms with Crippen molar-refractivity contribution in [2.45, 2.75) is 26.8 Å². The molecule has 0 fully saturated rings. The van der Waals surface area contributed by atoms with E-state index >= 15 is 0 Å². The molecule has 2 aromatic rings. The maximum absolute atomic E-state index is 5.90. The van der Waals surface area contributed by atoms with Crippen molar-refractivity contribution in [3.8, 4) is 0 Å². The number of thiophene rings is 1. The Balaban J connectivity index is 0.00000200. The van der Waals surface area contributed by atoms with Crippen LogP contribution in [0.3, 0.4) is 0 Å². The van der Waals surface area contributed by atoms with E-state index in [1.54, 1.807) is 11.3 Å². The molecular weight excluding hydrogens is 381 g/mol. The van der Waals surface area contributed by atoms with Crippen LogP contribution in [0.15, 0.2) is 41.4 Å². The van der Waals surface area contributed by atoms with Crippen LogP contribution in [0.5, 0.6) is 0 Å². The molecule has 0 atom stereocenters. The number of nitrogens with one attached hydrogen (secondary N) is 1. The first-order valence-corrected chi connectivity index (χ1v) is 7.20. The number of hydrogen-bond acceptors (Lipinski definition) is 2. The summed E-state index contributed by atoms with van der Waals surface area (Å²) >= 11 is 1.75. The summed E-state index contributed by atoms with van der Waals surface area (Å²) in [6.45, 7) is 4.86. The molecule has 0 saturated heterocycles. The van der Waals surface area contributed by atoms with Gasteiger partial charge < -0.3 is 11.1 Å². The number of aliphatic imine (C=N–C) groups is 1. The van der Waals surface area contributed by atoms with Crippen molar-refractivity contribution < 1.29 is 0 Å². The molecule has 1 heterocycles. The maximum Gasteiger partial charge on any atom is 0.193 e. The van der Waals surface area contributed by atoms with Crippen LogP contribution >= 0.6 is 35.3 Å².